The van der Waals surface area contributed by atoms with Crippen molar-refractivity contribution in [3.63, 3.8) is 0 Å². The standard InChI is InChI=1S/C18H19F3N2O/c1-23(2)16(13-6-4-3-5-7-13)12-22-17(24)14-8-10-15(11-9-14)18(19,20)21/h3-11,16H,12H2,1-2H3,(H,22,24). The largest absolute Gasteiger partial charge is 0.416 e. The first-order chi connectivity index (χ1) is 11.3. The van der Waals surface area contributed by atoms with Gasteiger partial charge < -0.3 is 10.2 Å². The zero-order valence-electron chi connectivity index (χ0n) is 13.5. The number of nitrogens with one attached hydrogen (secondary N) is 1. The monoisotopic (exact) mass is 336 g/mol. The maximum absolute atomic E-state index is 12.5. The van der Waals surface area contributed by atoms with Crippen LogP contribution in [0.1, 0.15) is 27.5 Å². The molecule has 0 saturated heterocycles. The van der Waals surface area contributed by atoms with Gasteiger partial charge in [-0.1, -0.05) is 30.3 Å². The molecule has 1 N–H and O–H groups in total. The smallest absolute Gasteiger partial charge is 0.350 e. The van der Waals surface area contributed by atoms with Crippen LogP contribution in [0.4, 0.5) is 13.2 Å². The summed E-state index contributed by atoms with van der Waals surface area (Å²) in [7, 11) is 3.81. The second kappa shape index (κ2) is 7.49. The van der Waals surface area contributed by atoms with Gasteiger partial charge in [0.25, 0.3) is 5.91 Å². The Morgan fingerprint density at radius 1 is 1.04 bits per heavy atom. The number of likely N-dealkylation sites (N-methyl/N-ethyl adjacent to an activating group) is 1. The Labute approximate surface area is 139 Å². The molecule has 0 spiro atoms. The lowest BCUT2D eigenvalue weighted by molar-refractivity contribution is -0.137. The van der Waals surface area contributed by atoms with Crippen LogP contribution in [-0.2, 0) is 6.18 Å². The lowest BCUT2D eigenvalue weighted by Gasteiger charge is -2.25. The highest BCUT2D eigenvalue weighted by Crippen LogP contribution is 2.29. The van der Waals surface area contributed by atoms with Crippen LogP contribution in [-0.4, -0.2) is 31.4 Å². The average molecular weight is 336 g/mol. The van der Waals surface area contributed by atoms with E-state index in [1.165, 1.54) is 12.1 Å². The van der Waals surface area contributed by atoms with Crippen molar-refractivity contribution in [2.45, 2.75) is 12.2 Å². The molecule has 128 valence electrons. The zero-order valence-corrected chi connectivity index (χ0v) is 13.5. The van der Waals surface area contributed by atoms with E-state index in [0.717, 1.165) is 17.7 Å². The van der Waals surface area contributed by atoms with Gasteiger partial charge >= 0.3 is 6.18 Å². The second-order valence-electron chi connectivity index (χ2n) is 5.68. The molecule has 6 heteroatoms. The van der Waals surface area contributed by atoms with Crippen molar-refractivity contribution >= 4 is 5.91 Å². The topological polar surface area (TPSA) is 32.3 Å². The van der Waals surface area contributed by atoms with Gasteiger partial charge in [0.05, 0.1) is 11.6 Å². The van der Waals surface area contributed by atoms with Crippen molar-refractivity contribution in [2.75, 3.05) is 20.6 Å². The molecule has 2 rings (SSSR count). The number of nitrogens with zero attached hydrogens (tertiary/aromatic N) is 1. The summed E-state index contributed by atoms with van der Waals surface area (Å²) < 4.78 is 37.6. The minimum absolute atomic E-state index is 0.0235. The lowest BCUT2D eigenvalue weighted by atomic mass is 10.1. The van der Waals surface area contributed by atoms with Crippen LogP contribution in [0, 0.1) is 0 Å². The summed E-state index contributed by atoms with van der Waals surface area (Å²) in [4.78, 5) is 14.1. The zero-order chi connectivity index (χ0) is 17.7. The quantitative estimate of drug-likeness (QED) is 0.902. The first-order valence-electron chi connectivity index (χ1n) is 7.46. The van der Waals surface area contributed by atoms with Crippen LogP contribution in [0.2, 0.25) is 0 Å². The van der Waals surface area contributed by atoms with E-state index in [9.17, 15) is 18.0 Å². The van der Waals surface area contributed by atoms with Gasteiger partial charge in [-0.15, -0.1) is 0 Å². The number of alkyl halides is 3. The number of amides is 1. The van der Waals surface area contributed by atoms with Crippen molar-refractivity contribution in [1.29, 1.82) is 0 Å². The minimum atomic E-state index is -4.40. The minimum Gasteiger partial charge on any atom is -0.350 e. The Hall–Kier alpha value is -2.34. The van der Waals surface area contributed by atoms with Gasteiger partial charge in [-0.2, -0.15) is 13.2 Å². The molecular formula is C18H19F3N2O. The van der Waals surface area contributed by atoms with Crippen molar-refractivity contribution in [2.24, 2.45) is 0 Å². The van der Waals surface area contributed by atoms with Gasteiger partial charge in [0.15, 0.2) is 0 Å². The maximum Gasteiger partial charge on any atom is 0.416 e. The predicted octanol–water partition coefficient (Wildman–Crippen LogP) is 3.74. The Bertz CT molecular complexity index is 667. The summed E-state index contributed by atoms with van der Waals surface area (Å²) in [6, 6.07) is 13.9. The van der Waals surface area contributed by atoms with E-state index in [1.807, 2.05) is 49.3 Å². The van der Waals surface area contributed by atoms with Crippen molar-refractivity contribution < 1.29 is 18.0 Å². The first-order valence-corrected chi connectivity index (χ1v) is 7.46. The highest BCUT2D eigenvalue weighted by molar-refractivity contribution is 5.94. The summed E-state index contributed by atoms with van der Waals surface area (Å²) in [6.45, 7) is 0.358. The van der Waals surface area contributed by atoms with E-state index in [1.54, 1.807) is 0 Å². The van der Waals surface area contributed by atoms with Crippen molar-refractivity contribution in [3.05, 3.63) is 71.3 Å². The van der Waals surface area contributed by atoms with Gasteiger partial charge in [-0.25, -0.2) is 0 Å². The number of rotatable bonds is 5. The van der Waals surface area contributed by atoms with E-state index in [4.69, 9.17) is 0 Å². The molecule has 1 amide bonds. The summed E-state index contributed by atoms with van der Waals surface area (Å²) in [5.41, 5.74) is 0.485. The first kappa shape index (κ1) is 18.0. The van der Waals surface area contributed by atoms with Crippen LogP contribution in [0.15, 0.2) is 54.6 Å². The van der Waals surface area contributed by atoms with E-state index in [2.05, 4.69) is 5.32 Å². The molecule has 3 nitrogen and oxygen atoms in total. The summed E-state index contributed by atoms with van der Waals surface area (Å²) >= 11 is 0. The fourth-order valence-electron chi connectivity index (χ4n) is 2.38. The predicted molar refractivity (Wildman–Crippen MR) is 86.6 cm³/mol. The van der Waals surface area contributed by atoms with Crippen LogP contribution in [0.3, 0.4) is 0 Å². The average Bonchev–Trinajstić information content (AvgIpc) is 2.55. The molecule has 1 unspecified atom stereocenters. The molecule has 0 fully saturated rings. The molecule has 0 aromatic heterocycles. The number of halogens is 3. The van der Waals surface area contributed by atoms with Gasteiger partial charge in [0, 0.05) is 12.1 Å². The third-order valence-corrected chi connectivity index (χ3v) is 3.74. The number of hydrogen-bond acceptors (Lipinski definition) is 2. The van der Waals surface area contributed by atoms with Crippen LogP contribution >= 0.6 is 0 Å². The molecule has 0 saturated carbocycles. The Kier molecular flexibility index (Phi) is 5.62. The number of benzene rings is 2. The number of carbonyl (C=O) groups excluding carboxylic acids is 1. The molecule has 2 aromatic carbocycles. The van der Waals surface area contributed by atoms with E-state index in [-0.39, 0.29) is 11.6 Å². The highest BCUT2D eigenvalue weighted by Gasteiger charge is 2.30. The number of carbonyl (C=O) groups is 1. The Morgan fingerprint density at radius 2 is 1.62 bits per heavy atom. The normalized spacial score (nSPS) is 12.9. The fraction of sp³-hybridized carbons (Fsp3) is 0.278. The molecular weight excluding hydrogens is 317 g/mol. The molecule has 0 radical (unpaired) electrons. The molecule has 2 aromatic rings. The van der Waals surface area contributed by atoms with Gasteiger partial charge in [0.1, 0.15) is 0 Å². The summed E-state index contributed by atoms with van der Waals surface area (Å²) in [5, 5.41) is 2.78. The van der Waals surface area contributed by atoms with Gasteiger partial charge in [-0.3, -0.25) is 4.79 Å². The van der Waals surface area contributed by atoms with Crippen LogP contribution < -0.4 is 5.32 Å². The molecule has 1 atom stereocenters. The Morgan fingerprint density at radius 3 is 2.12 bits per heavy atom. The van der Waals surface area contributed by atoms with Gasteiger partial charge in [-0.05, 0) is 43.9 Å². The van der Waals surface area contributed by atoms with E-state index in [0.29, 0.717) is 6.54 Å². The molecule has 24 heavy (non-hydrogen) atoms. The molecule has 0 bridgehead atoms. The van der Waals surface area contributed by atoms with E-state index < -0.39 is 17.6 Å². The molecule has 0 aliphatic heterocycles. The Balaban J connectivity index is 2.03. The SMILES string of the molecule is CN(C)C(CNC(=O)c1ccc(C(F)(F)F)cc1)c1ccccc1. The fourth-order valence-corrected chi connectivity index (χ4v) is 2.38. The van der Waals surface area contributed by atoms with Crippen LogP contribution in [0.5, 0.6) is 0 Å². The van der Waals surface area contributed by atoms with Gasteiger partial charge in [0.2, 0.25) is 0 Å². The molecule has 0 heterocycles. The van der Waals surface area contributed by atoms with Crippen LogP contribution in [0.25, 0.3) is 0 Å². The maximum atomic E-state index is 12.5. The third kappa shape index (κ3) is 4.58. The summed E-state index contributed by atoms with van der Waals surface area (Å²) in [6.07, 6.45) is -4.40. The highest BCUT2D eigenvalue weighted by atomic mass is 19.4. The van der Waals surface area contributed by atoms with Crippen molar-refractivity contribution in [3.8, 4) is 0 Å². The molecule has 0 aliphatic rings. The second-order valence-corrected chi connectivity index (χ2v) is 5.68. The lowest BCUT2D eigenvalue weighted by Crippen LogP contribution is -2.34. The van der Waals surface area contributed by atoms with E-state index >= 15 is 0 Å². The van der Waals surface area contributed by atoms with Crippen molar-refractivity contribution in [1.82, 2.24) is 10.2 Å². The number of hydrogen-bond donors (Lipinski definition) is 1. The molecule has 0 aliphatic carbocycles. The summed E-state index contributed by atoms with van der Waals surface area (Å²) in [5.74, 6) is -0.397. The third-order valence-electron chi connectivity index (χ3n) is 3.74.